The largest absolute Gasteiger partial charge is 0.227 e. The fourth-order valence-corrected chi connectivity index (χ4v) is 4.46. The summed E-state index contributed by atoms with van der Waals surface area (Å²) < 4.78 is 21.7. The molecule has 1 rings (SSSR count). The van der Waals surface area contributed by atoms with E-state index in [9.17, 15) is 8.42 Å². The van der Waals surface area contributed by atoms with Gasteiger partial charge < -0.3 is 0 Å². The molecule has 1 aliphatic heterocycles. The lowest BCUT2D eigenvalue weighted by Gasteiger charge is -2.17. The van der Waals surface area contributed by atoms with Gasteiger partial charge in [0.25, 0.3) is 0 Å². The predicted molar refractivity (Wildman–Crippen MR) is 48.5 cm³/mol. The molecule has 0 amide bonds. The highest BCUT2D eigenvalue weighted by molar-refractivity contribution is 9.14. The van der Waals surface area contributed by atoms with Crippen LogP contribution in [-0.2, 0) is 9.84 Å². The zero-order chi connectivity index (χ0) is 7.99. The maximum Gasteiger partial charge on any atom is 0.166 e. The summed E-state index contributed by atoms with van der Waals surface area (Å²) in [4.78, 5) is 0.0463. The molecule has 0 bridgehead atoms. The molecule has 0 radical (unpaired) electrons. The first-order chi connectivity index (χ1) is 4.38. The number of sulfone groups is 1. The van der Waals surface area contributed by atoms with E-state index >= 15 is 0 Å². The Morgan fingerprint density at radius 1 is 1.60 bits per heavy atom. The van der Waals surface area contributed by atoms with Crippen molar-refractivity contribution in [1.29, 1.82) is 0 Å². The van der Waals surface area contributed by atoms with Crippen molar-refractivity contribution in [3.63, 3.8) is 0 Å². The average molecular weight is 292 g/mol. The molecule has 0 aromatic heterocycles. The summed E-state index contributed by atoms with van der Waals surface area (Å²) in [6, 6.07) is 0. The number of halogens is 2. The Morgan fingerprint density at radius 3 is 2.20 bits per heavy atom. The molecule has 0 aromatic carbocycles. The summed E-state index contributed by atoms with van der Waals surface area (Å²) >= 11 is 6.50. The van der Waals surface area contributed by atoms with Gasteiger partial charge in [-0.2, -0.15) is 0 Å². The van der Waals surface area contributed by atoms with Crippen LogP contribution >= 0.6 is 31.9 Å². The Kier molecular flexibility index (Phi) is 2.21. The van der Waals surface area contributed by atoms with E-state index in [0.29, 0.717) is 6.42 Å². The second-order valence-electron chi connectivity index (χ2n) is 2.56. The van der Waals surface area contributed by atoms with E-state index in [1.807, 2.05) is 0 Å². The third kappa shape index (κ3) is 1.16. The first-order valence-corrected chi connectivity index (χ1v) is 6.29. The molecule has 60 valence electrons. The Balaban J connectivity index is 3.08. The zero-order valence-corrected chi connectivity index (χ0v) is 9.46. The van der Waals surface area contributed by atoms with Crippen molar-refractivity contribution < 1.29 is 8.42 Å². The Hall–Kier alpha value is 0.910. The summed E-state index contributed by atoms with van der Waals surface area (Å²) in [7, 11) is -2.90. The zero-order valence-electron chi connectivity index (χ0n) is 5.47. The van der Waals surface area contributed by atoms with E-state index in [1.165, 1.54) is 0 Å². The normalized spacial score (nSPS) is 45.7. The SMILES string of the molecule is CC1(Br)C(Br)CCS1(=O)=O. The van der Waals surface area contributed by atoms with Crippen LogP contribution in [0.15, 0.2) is 0 Å². The van der Waals surface area contributed by atoms with E-state index < -0.39 is 13.5 Å². The minimum atomic E-state index is -2.90. The van der Waals surface area contributed by atoms with Crippen LogP contribution in [0.4, 0.5) is 0 Å². The third-order valence-corrected chi connectivity index (χ3v) is 8.40. The van der Waals surface area contributed by atoms with Crippen molar-refractivity contribution in [2.75, 3.05) is 5.75 Å². The molecule has 0 aliphatic carbocycles. The quantitative estimate of drug-likeness (QED) is 0.637. The number of hydrogen-bond donors (Lipinski definition) is 0. The molecule has 0 aromatic rings. The van der Waals surface area contributed by atoms with E-state index in [-0.39, 0.29) is 10.6 Å². The molecule has 2 nitrogen and oxygen atoms in total. The first-order valence-electron chi connectivity index (χ1n) is 2.93. The van der Waals surface area contributed by atoms with Crippen LogP contribution < -0.4 is 0 Å². The van der Waals surface area contributed by atoms with Crippen LogP contribution in [0, 0.1) is 0 Å². The third-order valence-electron chi connectivity index (χ3n) is 1.81. The second-order valence-corrected chi connectivity index (χ2v) is 8.32. The fraction of sp³-hybridized carbons (Fsp3) is 1.00. The van der Waals surface area contributed by atoms with Gasteiger partial charge in [-0.15, -0.1) is 0 Å². The van der Waals surface area contributed by atoms with Crippen LogP contribution in [0.2, 0.25) is 0 Å². The van der Waals surface area contributed by atoms with Crippen molar-refractivity contribution in [3.8, 4) is 0 Å². The minimum Gasteiger partial charge on any atom is -0.227 e. The maximum atomic E-state index is 11.2. The number of alkyl halides is 2. The van der Waals surface area contributed by atoms with Gasteiger partial charge in [0.2, 0.25) is 0 Å². The molecule has 0 saturated carbocycles. The van der Waals surface area contributed by atoms with Gasteiger partial charge in [-0.05, 0) is 13.3 Å². The van der Waals surface area contributed by atoms with Gasteiger partial charge in [-0.1, -0.05) is 31.9 Å². The molecular weight excluding hydrogens is 284 g/mol. The van der Waals surface area contributed by atoms with Gasteiger partial charge in [-0.25, -0.2) is 8.42 Å². The number of hydrogen-bond acceptors (Lipinski definition) is 2. The first kappa shape index (κ1) is 9.00. The van der Waals surface area contributed by atoms with Crippen LogP contribution in [0.1, 0.15) is 13.3 Å². The highest BCUT2D eigenvalue weighted by atomic mass is 79.9. The summed E-state index contributed by atoms with van der Waals surface area (Å²) in [6.07, 6.45) is 0.698. The maximum absolute atomic E-state index is 11.2. The Morgan fingerprint density at radius 2 is 2.10 bits per heavy atom. The van der Waals surface area contributed by atoms with Crippen molar-refractivity contribution in [2.45, 2.75) is 21.8 Å². The lowest BCUT2D eigenvalue weighted by atomic mass is 10.3. The van der Waals surface area contributed by atoms with Crippen molar-refractivity contribution in [1.82, 2.24) is 0 Å². The van der Waals surface area contributed by atoms with E-state index in [1.54, 1.807) is 6.92 Å². The molecule has 10 heavy (non-hydrogen) atoms. The van der Waals surface area contributed by atoms with Crippen LogP contribution in [-0.4, -0.2) is 22.7 Å². The summed E-state index contributed by atoms with van der Waals surface area (Å²) in [5, 5.41) is 0. The molecule has 2 unspecified atom stereocenters. The average Bonchev–Trinajstić information content (AvgIpc) is 1.94. The smallest absolute Gasteiger partial charge is 0.166 e. The standard InChI is InChI=1S/C5H8Br2O2S/c1-5(7)4(6)2-3-10(5,8)9/h4H,2-3H2,1H3. The van der Waals surface area contributed by atoms with Gasteiger partial charge in [-0.3, -0.25) is 0 Å². The topological polar surface area (TPSA) is 34.1 Å². The van der Waals surface area contributed by atoms with Crippen molar-refractivity contribution >= 4 is 41.7 Å². The van der Waals surface area contributed by atoms with Crippen LogP contribution in [0.5, 0.6) is 0 Å². The predicted octanol–water partition coefficient (Wildman–Crippen LogP) is 1.68. The highest BCUT2D eigenvalue weighted by Gasteiger charge is 2.48. The van der Waals surface area contributed by atoms with E-state index in [0.717, 1.165) is 0 Å². The number of rotatable bonds is 0. The highest BCUT2D eigenvalue weighted by Crippen LogP contribution is 2.41. The lowest BCUT2D eigenvalue weighted by Crippen LogP contribution is -2.29. The molecule has 1 fully saturated rings. The molecule has 5 heteroatoms. The molecule has 1 aliphatic rings. The van der Waals surface area contributed by atoms with Crippen LogP contribution in [0.25, 0.3) is 0 Å². The molecule has 0 spiro atoms. The molecule has 0 N–H and O–H groups in total. The molecule has 2 atom stereocenters. The minimum absolute atomic E-state index is 0.0463. The lowest BCUT2D eigenvalue weighted by molar-refractivity contribution is 0.591. The van der Waals surface area contributed by atoms with Gasteiger partial charge in [0, 0.05) is 4.83 Å². The summed E-state index contributed by atoms with van der Waals surface area (Å²) in [5.41, 5.74) is 0. The fourth-order valence-electron chi connectivity index (χ4n) is 0.911. The van der Waals surface area contributed by atoms with Crippen LogP contribution in [0.3, 0.4) is 0 Å². The van der Waals surface area contributed by atoms with E-state index in [4.69, 9.17) is 0 Å². The Labute approximate surface area is 77.6 Å². The van der Waals surface area contributed by atoms with Crippen molar-refractivity contribution in [2.24, 2.45) is 0 Å². The van der Waals surface area contributed by atoms with E-state index in [2.05, 4.69) is 31.9 Å². The molecule has 1 saturated heterocycles. The van der Waals surface area contributed by atoms with Gasteiger partial charge in [0.1, 0.15) is 3.66 Å². The summed E-state index contributed by atoms with van der Waals surface area (Å²) in [5.74, 6) is 0.282. The van der Waals surface area contributed by atoms with Crippen molar-refractivity contribution in [3.05, 3.63) is 0 Å². The second kappa shape index (κ2) is 2.45. The summed E-state index contributed by atoms with van der Waals surface area (Å²) in [6.45, 7) is 1.69. The Bertz CT molecular complexity index is 232. The molecular formula is C5H8Br2O2S. The van der Waals surface area contributed by atoms with Gasteiger partial charge in [0.05, 0.1) is 5.75 Å². The molecule has 1 heterocycles. The van der Waals surface area contributed by atoms with Gasteiger partial charge in [0.15, 0.2) is 9.84 Å². The monoisotopic (exact) mass is 290 g/mol. The van der Waals surface area contributed by atoms with Gasteiger partial charge >= 0.3 is 0 Å².